The zero-order valence-electron chi connectivity index (χ0n) is 11.5. The van der Waals surface area contributed by atoms with Crippen LogP contribution in [-0.4, -0.2) is 37.7 Å². The minimum Gasteiger partial charge on any atom is -0.487 e. The highest BCUT2D eigenvalue weighted by Crippen LogP contribution is 2.40. The van der Waals surface area contributed by atoms with E-state index in [2.05, 4.69) is 10.2 Å². The van der Waals surface area contributed by atoms with Crippen molar-refractivity contribution >= 4 is 11.4 Å². The van der Waals surface area contributed by atoms with Crippen molar-refractivity contribution in [3.63, 3.8) is 0 Å². The van der Waals surface area contributed by atoms with Gasteiger partial charge in [0.05, 0.1) is 11.5 Å². The number of fused-ring (bicyclic) bond motifs is 1. The number of hydrogen-bond acceptors (Lipinski definition) is 5. The molecule has 2 aliphatic heterocycles. The molecular formula is C14H19N3O3. The van der Waals surface area contributed by atoms with Crippen molar-refractivity contribution in [3.05, 3.63) is 28.3 Å². The molecule has 0 bridgehead atoms. The van der Waals surface area contributed by atoms with Crippen LogP contribution in [0.4, 0.5) is 11.4 Å². The number of nitrogens with zero attached hydrogens (tertiary/aromatic N) is 2. The standard InChI is InChI=1S/C14H19N3O3/c1-2-20-13-5-3-4-12(14(13)17(18)19)16-8-10-6-15-7-11(10)9-16/h3-5,10-11,15H,2,6-9H2,1H3. The van der Waals surface area contributed by atoms with E-state index >= 15 is 0 Å². The predicted octanol–water partition coefficient (Wildman–Crippen LogP) is 1.65. The summed E-state index contributed by atoms with van der Waals surface area (Å²) in [7, 11) is 0. The number of nitro groups is 1. The van der Waals surface area contributed by atoms with Crippen LogP contribution < -0.4 is 15.0 Å². The molecule has 0 aromatic heterocycles. The lowest BCUT2D eigenvalue weighted by Crippen LogP contribution is -2.26. The van der Waals surface area contributed by atoms with Gasteiger partial charge >= 0.3 is 5.69 Å². The quantitative estimate of drug-likeness (QED) is 0.669. The highest BCUT2D eigenvalue weighted by atomic mass is 16.6. The van der Waals surface area contributed by atoms with Crippen LogP contribution in [0.5, 0.6) is 5.75 Å². The molecule has 0 aliphatic carbocycles. The van der Waals surface area contributed by atoms with Crippen LogP contribution in [0.15, 0.2) is 18.2 Å². The number of para-hydroxylation sites is 1. The van der Waals surface area contributed by atoms with Gasteiger partial charge in [0.1, 0.15) is 5.69 Å². The summed E-state index contributed by atoms with van der Waals surface area (Å²) < 4.78 is 5.41. The number of ether oxygens (including phenoxy) is 1. The normalized spacial score (nSPS) is 24.8. The van der Waals surface area contributed by atoms with Crippen LogP contribution in [-0.2, 0) is 0 Å². The monoisotopic (exact) mass is 277 g/mol. The first-order valence-electron chi connectivity index (χ1n) is 7.06. The molecule has 0 saturated carbocycles. The molecule has 1 aromatic rings. The number of anilines is 1. The lowest BCUT2D eigenvalue weighted by molar-refractivity contribution is -0.385. The van der Waals surface area contributed by atoms with E-state index in [4.69, 9.17) is 4.74 Å². The molecule has 0 amide bonds. The Balaban J connectivity index is 1.93. The van der Waals surface area contributed by atoms with E-state index in [1.165, 1.54) is 0 Å². The summed E-state index contributed by atoms with van der Waals surface area (Å²) in [5.74, 6) is 1.57. The average molecular weight is 277 g/mol. The van der Waals surface area contributed by atoms with Gasteiger partial charge in [0, 0.05) is 26.2 Å². The van der Waals surface area contributed by atoms with Crippen LogP contribution in [0.3, 0.4) is 0 Å². The molecule has 108 valence electrons. The maximum Gasteiger partial charge on any atom is 0.333 e. The Morgan fingerprint density at radius 3 is 2.70 bits per heavy atom. The van der Waals surface area contributed by atoms with Gasteiger partial charge in [0.25, 0.3) is 0 Å². The predicted molar refractivity (Wildman–Crippen MR) is 76.3 cm³/mol. The zero-order valence-corrected chi connectivity index (χ0v) is 11.5. The summed E-state index contributed by atoms with van der Waals surface area (Å²) in [5.41, 5.74) is 0.789. The Hall–Kier alpha value is -1.82. The van der Waals surface area contributed by atoms with Gasteiger partial charge in [-0.05, 0) is 30.9 Å². The summed E-state index contributed by atoms with van der Waals surface area (Å²) in [6.45, 7) is 6.06. The summed E-state index contributed by atoms with van der Waals surface area (Å²) in [4.78, 5) is 13.2. The van der Waals surface area contributed by atoms with E-state index in [0.717, 1.165) is 26.2 Å². The van der Waals surface area contributed by atoms with Crippen molar-refractivity contribution in [2.24, 2.45) is 11.8 Å². The molecule has 2 atom stereocenters. The highest BCUT2D eigenvalue weighted by Gasteiger charge is 2.38. The Morgan fingerprint density at radius 2 is 2.10 bits per heavy atom. The maximum absolute atomic E-state index is 11.4. The molecule has 2 fully saturated rings. The molecule has 3 rings (SSSR count). The minimum atomic E-state index is -0.327. The van der Waals surface area contributed by atoms with Crippen LogP contribution in [0.1, 0.15) is 6.92 Å². The summed E-state index contributed by atoms with van der Waals surface area (Å²) in [6, 6.07) is 5.33. The molecule has 1 N–H and O–H groups in total. The number of rotatable bonds is 4. The molecule has 2 aliphatic rings. The van der Waals surface area contributed by atoms with Gasteiger partial charge in [-0.15, -0.1) is 0 Å². The van der Waals surface area contributed by atoms with Crippen molar-refractivity contribution < 1.29 is 9.66 Å². The van der Waals surface area contributed by atoms with Gasteiger partial charge in [-0.3, -0.25) is 10.1 Å². The largest absolute Gasteiger partial charge is 0.487 e. The van der Waals surface area contributed by atoms with Crippen LogP contribution in [0.2, 0.25) is 0 Å². The first kappa shape index (κ1) is 13.2. The Bertz CT molecular complexity index is 508. The Labute approximate surface area is 117 Å². The van der Waals surface area contributed by atoms with Gasteiger partial charge in [-0.25, -0.2) is 0 Å². The SMILES string of the molecule is CCOc1cccc(N2CC3CNCC3C2)c1[N+](=O)[O-]. The second-order valence-electron chi connectivity index (χ2n) is 5.40. The van der Waals surface area contributed by atoms with Crippen molar-refractivity contribution in [1.82, 2.24) is 5.32 Å². The summed E-state index contributed by atoms with van der Waals surface area (Å²) in [5, 5.41) is 14.8. The van der Waals surface area contributed by atoms with E-state index in [1.807, 2.05) is 19.1 Å². The van der Waals surface area contributed by atoms with Gasteiger partial charge in [0.2, 0.25) is 0 Å². The van der Waals surface area contributed by atoms with Crippen molar-refractivity contribution in [3.8, 4) is 5.75 Å². The van der Waals surface area contributed by atoms with Gasteiger partial charge < -0.3 is 15.0 Å². The fourth-order valence-corrected chi connectivity index (χ4v) is 3.27. The molecule has 2 heterocycles. The fraction of sp³-hybridized carbons (Fsp3) is 0.571. The van der Waals surface area contributed by atoms with E-state index in [0.29, 0.717) is 29.9 Å². The number of nitrogens with one attached hydrogen (secondary N) is 1. The Kier molecular flexibility index (Phi) is 3.48. The molecular weight excluding hydrogens is 258 g/mol. The van der Waals surface area contributed by atoms with Crippen molar-refractivity contribution in [1.29, 1.82) is 0 Å². The van der Waals surface area contributed by atoms with Gasteiger partial charge in [-0.1, -0.05) is 6.07 Å². The van der Waals surface area contributed by atoms with E-state index in [-0.39, 0.29) is 10.6 Å². The van der Waals surface area contributed by atoms with Crippen LogP contribution in [0, 0.1) is 22.0 Å². The molecule has 1 aromatic carbocycles. The lowest BCUT2D eigenvalue weighted by Gasteiger charge is -2.20. The van der Waals surface area contributed by atoms with Gasteiger partial charge in [-0.2, -0.15) is 0 Å². The summed E-state index contributed by atoms with van der Waals surface area (Å²) >= 11 is 0. The Morgan fingerprint density at radius 1 is 1.40 bits per heavy atom. The molecule has 2 saturated heterocycles. The summed E-state index contributed by atoms with van der Waals surface area (Å²) in [6.07, 6.45) is 0. The highest BCUT2D eigenvalue weighted by molar-refractivity contribution is 5.70. The van der Waals surface area contributed by atoms with Gasteiger partial charge in [0.15, 0.2) is 5.75 Å². The minimum absolute atomic E-state index is 0.0993. The second-order valence-corrected chi connectivity index (χ2v) is 5.40. The second kappa shape index (κ2) is 5.28. The third-order valence-corrected chi connectivity index (χ3v) is 4.19. The molecule has 2 unspecified atom stereocenters. The van der Waals surface area contributed by atoms with Crippen molar-refractivity contribution in [2.75, 3.05) is 37.7 Å². The average Bonchev–Trinajstić information content (AvgIpc) is 2.99. The maximum atomic E-state index is 11.4. The number of hydrogen-bond donors (Lipinski definition) is 1. The lowest BCUT2D eigenvalue weighted by atomic mass is 10.0. The smallest absolute Gasteiger partial charge is 0.333 e. The third-order valence-electron chi connectivity index (χ3n) is 4.19. The fourth-order valence-electron chi connectivity index (χ4n) is 3.27. The topological polar surface area (TPSA) is 67.6 Å². The van der Waals surface area contributed by atoms with Crippen LogP contribution >= 0.6 is 0 Å². The zero-order chi connectivity index (χ0) is 14.1. The van der Waals surface area contributed by atoms with Crippen LogP contribution in [0.25, 0.3) is 0 Å². The molecule has 20 heavy (non-hydrogen) atoms. The first-order chi connectivity index (χ1) is 9.70. The third kappa shape index (κ3) is 2.20. The molecule has 6 nitrogen and oxygen atoms in total. The number of nitro benzene ring substituents is 1. The van der Waals surface area contributed by atoms with Crippen molar-refractivity contribution in [2.45, 2.75) is 6.92 Å². The number of benzene rings is 1. The van der Waals surface area contributed by atoms with E-state index in [9.17, 15) is 10.1 Å². The molecule has 0 spiro atoms. The van der Waals surface area contributed by atoms with E-state index in [1.54, 1.807) is 6.07 Å². The molecule has 0 radical (unpaired) electrons. The first-order valence-corrected chi connectivity index (χ1v) is 7.06. The van der Waals surface area contributed by atoms with E-state index < -0.39 is 0 Å². The molecule has 6 heteroatoms.